The van der Waals surface area contributed by atoms with Crippen molar-refractivity contribution in [2.24, 2.45) is 0 Å². The van der Waals surface area contributed by atoms with E-state index in [0.717, 1.165) is 49.1 Å². The maximum atomic E-state index is 10.2. The summed E-state index contributed by atoms with van der Waals surface area (Å²) in [7, 11) is 1.73. The third kappa shape index (κ3) is 3.10. The number of rotatable bonds is 5. The van der Waals surface area contributed by atoms with Crippen LogP contribution in [0.3, 0.4) is 0 Å². The average molecular weight is 336 g/mol. The Kier molecular flexibility index (Phi) is 4.36. The number of aromatic nitrogens is 1. The van der Waals surface area contributed by atoms with E-state index >= 15 is 0 Å². The van der Waals surface area contributed by atoms with Gasteiger partial charge in [0, 0.05) is 36.1 Å². The number of aromatic hydroxyl groups is 1. The zero-order valence-corrected chi connectivity index (χ0v) is 14.5. The van der Waals surface area contributed by atoms with Gasteiger partial charge in [0.1, 0.15) is 11.5 Å². The zero-order chi connectivity index (χ0) is 17.2. The molecule has 2 N–H and O–H groups in total. The molecule has 1 atom stereocenters. The van der Waals surface area contributed by atoms with E-state index in [4.69, 9.17) is 4.74 Å². The van der Waals surface area contributed by atoms with Crippen molar-refractivity contribution in [2.75, 3.05) is 26.7 Å². The van der Waals surface area contributed by atoms with Crippen LogP contribution in [-0.2, 0) is 6.42 Å². The summed E-state index contributed by atoms with van der Waals surface area (Å²) >= 11 is 0. The molecule has 2 aromatic carbocycles. The van der Waals surface area contributed by atoms with E-state index in [2.05, 4.69) is 28.2 Å². The number of benzene rings is 2. The molecule has 130 valence electrons. The molecule has 0 saturated carbocycles. The Morgan fingerprint density at radius 1 is 1.20 bits per heavy atom. The largest absolute Gasteiger partial charge is 0.507 e. The van der Waals surface area contributed by atoms with E-state index in [1.165, 1.54) is 11.1 Å². The summed E-state index contributed by atoms with van der Waals surface area (Å²) in [5.41, 5.74) is 3.52. The Morgan fingerprint density at radius 2 is 2.08 bits per heavy atom. The number of ether oxygens (including phenoxy) is 1. The molecule has 1 aliphatic heterocycles. The maximum Gasteiger partial charge on any atom is 0.125 e. The van der Waals surface area contributed by atoms with Crippen molar-refractivity contribution in [3.8, 4) is 11.5 Å². The molecule has 4 nitrogen and oxygen atoms in total. The van der Waals surface area contributed by atoms with Crippen molar-refractivity contribution >= 4 is 10.9 Å². The average Bonchev–Trinajstić information content (AvgIpc) is 3.27. The molecular formula is C21H24N2O2. The molecule has 1 unspecified atom stereocenters. The molecule has 4 heteroatoms. The zero-order valence-electron chi connectivity index (χ0n) is 14.5. The second-order valence-electron chi connectivity index (χ2n) is 6.79. The van der Waals surface area contributed by atoms with Gasteiger partial charge in [0.25, 0.3) is 0 Å². The molecule has 0 spiro atoms. The summed E-state index contributed by atoms with van der Waals surface area (Å²) in [6, 6.07) is 13.9. The Labute approximate surface area is 148 Å². The fourth-order valence-electron chi connectivity index (χ4n) is 3.99. The van der Waals surface area contributed by atoms with Crippen molar-refractivity contribution in [1.82, 2.24) is 9.88 Å². The minimum atomic E-state index is 0.376. The monoisotopic (exact) mass is 336 g/mol. The van der Waals surface area contributed by atoms with Crippen LogP contribution < -0.4 is 4.74 Å². The first kappa shape index (κ1) is 16.0. The summed E-state index contributed by atoms with van der Waals surface area (Å²) < 4.78 is 5.45. The van der Waals surface area contributed by atoms with Crippen molar-refractivity contribution < 1.29 is 9.84 Å². The number of fused-ring (bicyclic) bond motifs is 1. The van der Waals surface area contributed by atoms with Crippen molar-refractivity contribution in [1.29, 1.82) is 0 Å². The Morgan fingerprint density at radius 3 is 2.96 bits per heavy atom. The molecular weight excluding hydrogens is 312 g/mol. The Bertz CT molecular complexity index is 871. The highest BCUT2D eigenvalue weighted by Gasteiger charge is 2.26. The van der Waals surface area contributed by atoms with Gasteiger partial charge in [-0.15, -0.1) is 0 Å². The van der Waals surface area contributed by atoms with E-state index in [0.29, 0.717) is 11.7 Å². The first-order chi connectivity index (χ1) is 12.3. The number of likely N-dealkylation sites (tertiary alicyclic amines) is 1. The molecule has 1 aromatic heterocycles. The van der Waals surface area contributed by atoms with Crippen LogP contribution in [0.15, 0.2) is 48.7 Å². The molecule has 0 radical (unpaired) electrons. The van der Waals surface area contributed by atoms with Gasteiger partial charge in [0.15, 0.2) is 0 Å². The SMILES string of the molecule is COc1ccccc1CCN1CCC(c2c[nH]c3cccc(O)c23)C1. The number of nitrogens with zero attached hydrogens (tertiary/aromatic N) is 1. The predicted octanol–water partition coefficient (Wildman–Crippen LogP) is 3.91. The highest BCUT2D eigenvalue weighted by atomic mass is 16.5. The van der Waals surface area contributed by atoms with Crippen LogP contribution in [0.1, 0.15) is 23.5 Å². The number of H-pyrrole nitrogens is 1. The summed E-state index contributed by atoms with van der Waals surface area (Å²) in [5.74, 6) is 1.82. The van der Waals surface area contributed by atoms with Crippen LogP contribution in [0.5, 0.6) is 11.5 Å². The molecule has 4 rings (SSSR count). The van der Waals surface area contributed by atoms with Gasteiger partial charge < -0.3 is 19.7 Å². The normalized spacial score (nSPS) is 18.0. The van der Waals surface area contributed by atoms with Gasteiger partial charge in [0.2, 0.25) is 0 Å². The van der Waals surface area contributed by atoms with E-state index < -0.39 is 0 Å². The second-order valence-corrected chi connectivity index (χ2v) is 6.79. The predicted molar refractivity (Wildman–Crippen MR) is 100 cm³/mol. The minimum Gasteiger partial charge on any atom is -0.507 e. The lowest BCUT2D eigenvalue weighted by molar-refractivity contribution is 0.335. The van der Waals surface area contributed by atoms with Crippen LogP contribution in [0, 0.1) is 0 Å². The summed E-state index contributed by atoms with van der Waals surface area (Å²) in [4.78, 5) is 5.81. The first-order valence-electron chi connectivity index (χ1n) is 8.89. The van der Waals surface area contributed by atoms with Gasteiger partial charge in [-0.3, -0.25) is 0 Å². The van der Waals surface area contributed by atoms with Crippen molar-refractivity contribution in [3.05, 3.63) is 59.8 Å². The fraction of sp³-hybridized carbons (Fsp3) is 0.333. The topological polar surface area (TPSA) is 48.5 Å². The molecule has 0 bridgehead atoms. The van der Waals surface area contributed by atoms with Crippen LogP contribution in [0.4, 0.5) is 0 Å². The van der Waals surface area contributed by atoms with Gasteiger partial charge in [0.05, 0.1) is 7.11 Å². The van der Waals surface area contributed by atoms with E-state index in [9.17, 15) is 5.11 Å². The minimum absolute atomic E-state index is 0.376. The lowest BCUT2D eigenvalue weighted by Crippen LogP contribution is -2.23. The number of nitrogens with one attached hydrogen (secondary N) is 1. The van der Waals surface area contributed by atoms with Crippen molar-refractivity contribution in [3.63, 3.8) is 0 Å². The number of phenols is 1. The second kappa shape index (κ2) is 6.81. The summed E-state index contributed by atoms with van der Waals surface area (Å²) in [6.07, 6.45) is 4.20. The molecule has 1 saturated heterocycles. The third-order valence-electron chi connectivity index (χ3n) is 5.32. The molecule has 2 heterocycles. The number of para-hydroxylation sites is 1. The number of hydrogen-bond acceptors (Lipinski definition) is 3. The van der Waals surface area contributed by atoms with Gasteiger partial charge >= 0.3 is 0 Å². The molecule has 0 aliphatic carbocycles. The quantitative estimate of drug-likeness (QED) is 0.742. The number of hydrogen-bond donors (Lipinski definition) is 2. The van der Waals surface area contributed by atoms with E-state index in [-0.39, 0.29) is 0 Å². The van der Waals surface area contributed by atoms with Gasteiger partial charge in [-0.2, -0.15) is 0 Å². The number of aromatic amines is 1. The first-order valence-corrected chi connectivity index (χ1v) is 8.89. The maximum absolute atomic E-state index is 10.2. The van der Waals surface area contributed by atoms with Gasteiger partial charge in [-0.1, -0.05) is 24.3 Å². The van der Waals surface area contributed by atoms with Crippen molar-refractivity contribution in [2.45, 2.75) is 18.8 Å². The molecule has 1 aliphatic rings. The third-order valence-corrected chi connectivity index (χ3v) is 5.32. The van der Waals surface area contributed by atoms with Gasteiger partial charge in [-0.05, 0) is 48.7 Å². The van der Waals surface area contributed by atoms with Crippen LogP contribution in [-0.4, -0.2) is 41.7 Å². The van der Waals surface area contributed by atoms with Crippen LogP contribution >= 0.6 is 0 Å². The fourth-order valence-corrected chi connectivity index (χ4v) is 3.99. The summed E-state index contributed by atoms with van der Waals surface area (Å²) in [6.45, 7) is 3.17. The van der Waals surface area contributed by atoms with Crippen LogP contribution in [0.2, 0.25) is 0 Å². The standard InChI is InChI=1S/C21H24N2O2/c1-25-20-8-3-2-5-15(20)9-11-23-12-10-16(14-23)17-13-22-18-6-4-7-19(24)21(17)18/h2-8,13,16,22,24H,9-12,14H2,1H3. The lowest BCUT2D eigenvalue weighted by atomic mass is 9.97. The molecule has 0 amide bonds. The molecule has 1 fully saturated rings. The van der Waals surface area contributed by atoms with E-state index in [1.54, 1.807) is 13.2 Å². The Hall–Kier alpha value is -2.46. The van der Waals surface area contributed by atoms with E-state index in [1.807, 2.05) is 24.3 Å². The number of phenolic OH excluding ortho intramolecular Hbond substituents is 1. The molecule has 3 aromatic rings. The number of methoxy groups -OCH3 is 1. The highest BCUT2D eigenvalue weighted by Crippen LogP contribution is 2.36. The highest BCUT2D eigenvalue weighted by molar-refractivity contribution is 5.89. The lowest BCUT2D eigenvalue weighted by Gasteiger charge is -2.17. The smallest absolute Gasteiger partial charge is 0.125 e. The van der Waals surface area contributed by atoms with Crippen LogP contribution in [0.25, 0.3) is 10.9 Å². The molecule has 25 heavy (non-hydrogen) atoms. The summed E-state index contributed by atoms with van der Waals surface area (Å²) in [5, 5.41) is 11.2. The van der Waals surface area contributed by atoms with Gasteiger partial charge in [-0.25, -0.2) is 0 Å². The Balaban J connectivity index is 1.44.